The number of aromatic hydroxyl groups is 2. The van der Waals surface area contributed by atoms with Crippen LogP contribution in [0, 0.1) is 0 Å². The Labute approximate surface area is 126 Å². The van der Waals surface area contributed by atoms with Crippen LogP contribution in [0.3, 0.4) is 0 Å². The molecule has 5 heteroatoms. The van der Waals surface area contributed by atoms with Crippen LogP contribution in [0.2, 0.25) is 0 Å². The van der Waals surface area contributed by atoms with Gasteiger partial charge in [-0.25, -0.2) is 0 Å². The summed E-state index contributed by atoms with van der Waals surface area (Å²) >= 11 is -2.57. The van der Waals surface area contributed by atoms with Crippen LogP contribution in [-0.2, 0) is 16.5 Å². The fourth-order valence-corrected chi connectivity index (χ4v) is 2.56. The summed E-state index contributed by atoms with van der Waals surface area (Å²) in [6.45, 7) is 6.15. The Bertz CT molecular complexity index is 702. The highest BCUT2D eigenvalue weighted by Crippen LogP contribution is 2.41. The van der Waals surface area contributed by atoms with Gasteiger partial charge in [-0.15, -0.1) is 0 Å². The van der Waals surface area contributed by atoms with Gasteiger partial charge in [-0.05, 0) is 39.8 Å². The highest BCUT2D eigenvalue weighted by atomic mass is 32.2. The second-order valence-electron chi connectivity index (χ2n) is 5.87. The van der Waals surface area contributed by atoms with Crippen molar-refractivity contribution in [1.82, 2.24) is 0 Å². The second kappa shape index (κ2) is 5.50. The van der Waals surface area contributed by atoms with Crippen molar-refractivity contribution in [3.8, 4) is 22.6 Å². The number of hydrogen-bond acceptors (Lipinski definition) is 4. The molecule has 1 atom stereocenters. The number of phenolic OH excluding ortho intramolecular Hbond substituents is 2. The zero-order valence-corrected chi connectivity index (χ0v) is 12.9. The van der Waals surface area contributed by atoms with Crippen LogP contribution in [-0.4, -0.2) is 19.0 Å². The molecule has 0 bridgehead atoms. The average Bonchev–Trinajstić information content (AvgIpc) is 2.37. The minimum atomic E-state index is -2.57. The van der Waals surface area contributed by atoms with Gasteiger partial charge in [0.2, 0.25) is 0 Å². The van der Waals surface area contributed by atoms with E-state index < -0.39 is 16.8 Å². The third-order valence-electron chi connectivity index (χ3n) is 3.32. The molecular formula is C16H17O4S-. The number of rotatable bonds is 2. The van der Waals surface area contributed by atoms with E-state index in [4.69, 9.17) is 0 Å². The summed E-state index contributed by atoms with van der Waals surface area (Å²) < 4.78 is 22.2. The first-order valence-electron chi connectivity index (χ1n) is 6.47. The molecule has 0 saturated carbocycles. The predicted molar refractivity (Wildman–Crippen MR) is 81.1 cm³/mol. The first-order valence-corrected chi connectivity index (χ1v) is 7.54. The molecule has 112 valence electrons. The first kappa shape index (κ1) is 15.5. The topological polar surface area (TPSA) is 80.6 Å². The zero-order valence-electron chi connectivity index (χ0n) is 12.1. The van der Waals surface area contributed by atoms with Crippen molar-refractivity contribution in [2.75, 3.05) is 0 Å². The number of phenols is 2. The fraction of sp³-hybridized carbons (Fsp3) is 0.250. The highest BCUT2D eigenvalue weighted by molar-refractivity contribution is 7.79. The monoisotopic (exact) mass is 305 g/mol. The van der Waals surface area contributed by atoms with E-state index in [0.717, 1.165) is 5.56 Å². The van der Waals surface area contributed by atoms with Crippen LogP contribution in [0.15, 0.2) is 41.3 Å². The lowest BCUT2D eigenvalue weighted by molar-refractivity contribution is 0.441. The SMILES string of the molecule is CC(C)(C)c1cccc(-c2c(O)ccc(S(=O)[O-])c2O)c1. The van der Waals surface area contributed by atoms with E-state index in [1.165, 1.54) is 12.1 Å². The van der Waals surface area contributed by atoms with E-state index in [9.17, 15) is 19.0 Å². The van der Waals surface area contributed by atoms with Gasteiger partial charge in [-0.3, -0.25) is 4.21 Å². The van der Waals surface area contributed by atoms with Crippen molar-refractivity contribution in [2.24, 2.45) is 0 Å². The minimum Gasteiger partial charge on any atom is -0.768 e. The van der Waals surface area contributed by atoms with Gasteiger partial charge >= 0.3 is 0 Å². The normalized spacial score (nSPS) is 13.1. The van der Waals surface area contributed by atoms with Crippen LogP contribution in [0.4, 0.5) is 0 Å². The largest absolute Gasteiger partial charge is 0.768 e. The zero-order chi connectivity index (χ0) is 15.8. The first-order chi connectivity index (χ1) is 9.71. The third kappa shape index (κ3) is 3.09. The molecular weight excluding hydrogens is 288 g/mol. The minimum absolute atomic E-state index is 0.0970. The van der Waals surface area contributed by atoms with Crippen molar-refractivity contribution in [3.63, 3.8) is 0 Å². The Morgan fingerprint density at radius 1 is 1.10 bits per heavy atom. The Kier molecular flexibility index (Phi) is 4.07. The lowest BCUT2D eigenvalue weighted by atomic mass is 9.85. The molecule has 21 heavy (non-hydrogen) atoms. The summed E-state index contributed by atoms with van der Waals surface area (Å²) in [5.74, 6) is -0.595. The molecule has 1 unspecified atom stereocenters. The molecule has 0 radical (unpaired) electrons. The summed E-state index contributed by atoms with van der Waals surface area (Å²) in [7, 11) is 0. The lowest BCUT2D eigenvalue weighted by Gasteiger charge is -2.20. The van der Waals surface area contributed by atoms with Gasteiger partial charge in [0.05, 0.1) is 10.5 Å². The molecule has 2 aromatic rings. The van der Waals surface area contributed by atoms with E-state index in [1.54, 1.807) is 6.07 Å². The molecule has 0 fully saturated rings. The molecule has 0 spiro atoms. The van der Waals surface area contributed by atoms with Gasteiger partial charge in [0, 0.05) is 0 Å². The standard InChI is InChI=1S/C16H18O4S/c1-16(2,3)11-6-4-5-10(9-11)14-12(17)7-8-13(15(14)18)21(19)20/h4-9,17-18H,1-3H3,(H,19,20)/p-1. The predicted octanol–water partition coefficient (Wildman–Crippen LogP) is 3.30. The van der Waals surface area contributed by atoms with E-state index in [-0.39, 0.29) is 21.6 Å². The van der Waals surface area contributed by atoms with Gasteiger partial charge in [0.1, 0.15) is 11.5 Å². The van der Waals surface area contributed by atoms with Gasteiger partial charge in [-0.2, -0.15) is 0 Å². The van der Waals surface area contributed by atoms with Crippen molar-refractivity contribution in [1.29, 1.82) is 0 Å². The summed E-state index contributed by atoms with van der Waals surface area (Å²) in [6, 6.07) is 9.77. The smallest absolute Gasteiger partial charge is 0.142 e. The maximum absolute atomic E-state index is 11.1. The summed E-state index contributed by atoms with van der Waals surface area (Å²) in [6.07, 6.45) is 0. The van der Waals surface area contributed by atoms with Crippen molar-refractivity contribution in [2.45, 2.75) is 31.1 Å². The van der Waals surface area contributed by atoms with E-state index in [1.807, 2.05) is 18.2 Å². The molecule has 0 heterocycles. The molecule has 2 rings (SSSR count). The quantitative estimate of drug-likeness (QED) is 0.834. The van der Waals surface area contributed by atoms with Crippen molar-refractivity contribution >= 4 is 11.1 Å². The Morgan fingerprint density at radius 2 is 1.76 bits per heavy atom. The maximum Gasteiger partial charge on any atom is 0.142 e. The molecule has 0 aliphatic rings. The Balaban J connectivity index is 2.67. The fourth-order valence-electron chi connectivity index (χ4n) is 2.12. The summed E-state index contributed by atoms with van der Waals surface area (Å²) in [4.78, 5) is -0.232. The maximum atomic E-state index is 11.1. The van der Waals surface area contributed by atoms with Gasteiger partial charge in [0.15, 0.2) is 0 Å². The van der Waals surface area contributed by atoms with Gasteiger partial charge in [0.25, 0.3) is 0 Å². The Morgan fingerprint density at radius 3 is 2.33 bits per heavy atom. The van der Waals surface area contributed by atoms with Gasteiger partial charge in [-0.1, -0.05) is 45.0 Å². The Hall–Kier alpha value is -1.85. The van der Waals surface area contributed by atoms with E-state index >= 15 is 0 Å². The van der Waals surface area contributed by atoms with Gasteiger partial charge < -0.3 is 14.8 Å². The third-order valence-corrected chi connectivity index (χ3v) is 4.00. The van der Waals surface area contributed by atoms with Crippen molar-refractivity contribution < 1.29 is 19.0 Å². The molecule has 0 saturated heterocycles. The van der Waals surface area contributed by atoms with Crippen LogP contribution >= 0.6 is 0 Å². The molecule has 2 aromatic carbocycles. The van der Waals surface area contributed by atoms with Crippen LogP contribution in [0.25, 0.3) is 11.1 Å². The van der Waals surface area contributed by atoms with E-state index in [0.29, 0.717) is 5.56 Å². The van der Waals surface area contributed by atoms with Crippen molar-refractivity contribution in [3.05, 3.63) is 42.0 Å². The average molecular weight is 305 g/mol. The highest BCUT2D eigenvalue weighted by Gasteiger charge is 2.18. The second-order valence-corrected chi connectivity index (χ2v) is 6.78. The number of hydrogen-bond donors (Lipinski definition) is 2. The molecule has 4 nitrogen and oxygen atoms in total. The molecule has 0 aromatic heterocycles. The summed E-state index contributed by atoms with van der Waals surface area (Å²) in [5.41, 5.74) is 1.63. The molecule has 0 aliphatic carbocycles. The lowest BCUT2D eigenvalue weighted by Crippen LogP contribution is -2.10. The number of benzene rings is 2. The summed E-state index contributed by atoms with van der Waals surface area (Å²) in [5, 5.41) is 20.1. The molecule has 0 aliphatic heterocycles. The molecule has 0 amide bonds. The molecule has 2 N–H and O–H groups in total. The van der Waals surface area contributed by atoms with E-state index in [2.05, 4.69) is 20.8 Å². The van der Waals surface area contributed by atoms with Crippen LogP contribution in [0.5, 0.6) is 11.5 Å². The van der Waals surface area contributed by atoms with Crippen LogP contribution < -0.4 is 0 Å². The van der Waals surface area contributed by atoms with Crippen LogP contribution in [0.1, 0.15) is 26.3 Å².